The highest BCUT2D eigenvalue weighted by molar-refractivity contribution is 9.11. The summed E-state index contributed by atoms with van der Waals surface area (Å²) >= 11 is 5.30. The molecule has 0 bridgehead atoms. The molecule has 2 rings (SSSR count). The highest BCUT2D eigenvalue weighted by Crippen LogP contribution is 2.21. The molecule has 0 aromatic carbocycles. The van der Waals surface area contributed by atoms with Crippen molar-refractivity contribution in [2.24, 2.45) is 0 Å². The van der Waals surface area contributed by atoms with E-state index in [2.05, 4.69) is 43.6 Å². The zero-order chi connectivity index (χ0) is 11.9. The zero-order valence-corrected chi connectivity index (χ0v) is 12.4. The van der Waals surface area contributed by atoms with E-state index in [9.17, 15) is 0 Å². The normalized spacial score (nSPS) is 18.2. The van der Waals surface area contributed by atoms with Gasteiger partial charge in [-0.3, -0.25) is 0 Å². The van der Waals surface area contributed by atoms with Crippen LogP contribution in [0.4, 0.5) is 0 Å². The molecule has 0 atom stereocenters. The molecule has 2 heterocycles. The van der Waals surface area contributed by atoms with E-state index in [1.807, 2.05) is 11.3 Å². The van der Waals surface area contributed by atoms with Gasteiger partial charge in [0.15, 0.2) is 0 Å². The van der Waals surface area contributed by atoms with Gasteiger partial charge in [0.1, 0.15) is 0 Å². The molecular formula is C12H20BrN3S. The predicted octanol–water partition coefficient (Wildman–Crippen LogP) is 1.90. The lowest BCUT2D eigenvalue weighted by atomic mass is 10.4. The summed E-state index contributed by atoms with van der Waals surface area (Å²) in [6.45, 7) is 7.96. The zero-order valence-electron chi connectivity index (χ0n) is 10.0. The lowest BCUT2D eigenvalue weighted by molar-refractivity contribution is 0.291. The van der Waals surface area contributed by atoms with Gasteiger partial charge in [-0.25, -0.2) is 0 Å². The van der Waals surface area contributed by atoms with Gasteiger partial charge in [-0.1, -0.05) is 0 Å². The minimum atomic E-state index is 0.988. The van der Waals surface area contributed by atoms with Gasteiger partial charge in [0, 0.05) is 37.6 Å². The molecule has 1 fully saturated rings. The summed E-state index contributed by atoms with van der Waals surface area (Å²) in [6, 6.07) is 4.29. The Morgan fingerprint density at radius 2 is 2.29 bits per heavy atom. The summed E-state index contributed by atoms with van der Waals surface area (Å²) < 4.78 is 1.22. The van der Waals surface area contributed by atoms with Crippen molar-refractivity contribution in [2.45, 2.75) is 13.0 Å². The van der Waals surface area contributed by atoms with E-state index >= 15 is 0 Å². The highest BCUT2D eigenvalue weighted by atomic mass is 79.9. The molecule has 0 amide bonds. The van der Waals surface area contributed by atoms with Gasteiger partial charge in [0.25, 0.3) is 0 Å². The molecule has 3 nitrogen and oxygen atoms in total. The third-order valence-electron chi connectivity index (χ3n) is 2.97. The van der Waals surface area contributed by atoms with Crippen molar-refractivity contribution >= 4 is 27.3 Å². The topological polar surface area (TPSA) is 27.3 Å². The van der Waals surface area contributed by atoms with Crippen molar-refractivity contribution in [3.8, 4) is 0 Å². The molecular weight excluding hydrogens is 298 g/mol. The van der Waals surface area contributed by atoms with Gasteiger partial charge in [-0.05, 0) is 47.6 Å². The number of thiophene rings is 1. The van der Waals surface area contributed by atoms with Gasteiger partial charge in [0.05, 0.1) is 3.79 Å². The Labute approximate surface area is 116 Å². The van der Waals surface area contributed by atoms with Crippen LogP contribution in [0.1, 0.15) is 11.3 Å². The second kappa shape index (κ2) is 7.48. The number of nitrogens with zero attached hydrogens (tertiary/aromatic N) is 1. The van der Waals surface area contributed by atoms with Crippen LogP contribution in [0, 0.1) is 0 Å². The van der Waals surface area contributed by atoms with Crippen LogP contribution in [0.5, 0.6) is 0 Å². The first kappa shape index (κ1) is 13.5. The van der Waals surface area contributed by atoms with Crippen LogP contribution in [0.3, 0.4) is 0 Å². The van der Waals surface area contributed by atoms with Crippen LogP contribution in [0.25, 0.3) is 0 Å². The third kappa shape index (κ3) is 5.06. The molecule has 1 aromatic rings. The highest BCUT2D eigenvalue weighted by Gasteiger charge is 2.07. The van der Waals surface area contributed by atoms with E-state index in [1.165, 1.54) is 34.7 Å². The lowest BCUT2D eigenvalue weighted by Crippen LogP contribution is -2.34. The van der Waals surface area contributed by atoms with Crippen molar-refractivity contribution < 1.29 is 0 Å². The van der Waals surface area contributed by atoms with Crippen LogP contribution in [0.15, 0.2) is 15.9 Å². The van der Waals surface area contributed by atoms with Gasteiger partial charge < -0.3 is 15.5 Å². The average Bonchev–Trinajstić information content (AvgIpc) is 2.59. The third-order valence-corrected chi connectivity index (χ3v) is 4.59. The Balaban J connectivity index is 1.59. The minimum Gasteiger partial charge on any atom is -0.315 e. The smallest absolute Gasteiger partial charge is 0.0701 e. The Hall–Kier alpha value is 0.0600. The summed E-state index contributed by atoms with van der Waals surface area (Å²) in [5.74, 6) is 0. The molecule has 0 radical (unpaired) electrons. The van der Waals surface area contributed by atoms with Gasteiger partial charge in [0.2, 0.25) is 0 Å². The first-order valence-electron chi connectivity index (χ1n) is 6.22. The monoisotopic (exact) mass is 317 g/mol. The predicted molar refractivity (Wildman–Crippen MR) is 77.7 cm³/mol. The maximum atomic E-state index is 3.51. The average molecular weight is 318 g/mol. The Morgan fingerprint density at radius 3 is 3.12 bits per heavy atom. The molecule has 1 saturated heterocycles. The van der Waals surface area contributed by atoms with E-state index in [0.29, 0.717) is 0 Å². The maximum Gasteiger partial charge on any atom is 0.0701 e. The molecule has 0 spiro atoms. The van der Waals surface area contributed by atoms with Gasteiger partial charge >= 0.3 is 0 Å². The Kier molecular flexibility index (Phi) is 5.94. The molecule has 1 aliphatic heterocycles. The van der Waals surface area contributed by atoms with Crippen molar-refractivity contribution in [1.82, 2.24) is 15.5 Å². The van der Waals surface area contributed by atoms with Crippen LogP contribution < -0.4 is 10.6 Å². The summed E-state index contributed by atoms with van der Waals surface area (Å²) in [5, 5.41) is 6.94. The number of hydrogen-bond donors (Lipinski definition) is 2. The number of nitrogens with one attached hydrogen (secondary N) is 2. The van der Waals surface area contributed by atoms with Crippen molar-refractivity contribution in [3.63, 3.8) is 0 Å². The molecule has 1 aromatic heterocycles. The van der Waals surface area contributed by atoms with Crippen LogP contribution in [0.2, 0.25) is 0 Å². The molecule has 0 aliphatic carbocycles. The second-order valence-electron chi connectivity index (χ2n) is 4.33. The van der Waals surface area contributed by atoms with Crippen LogP contribution >= 0.6 is 27.3 Å². The van der Waals surface area contributed by atoms with E-state index < -0.39 is 0 Å². The van der Waals surface area contributed by atoms with Crippen molar-refractivity contribution in [2.75, 3.05) is 39.3 Å². The summed E-state index contributed by atoms with van der Waals surface area (Å²) in [5.41, 5.74) is 0. The maximum absolute atomic E-state index is 3.51. The molecule has 1 aliphatic rings. The fourth-order valence-electron chi connectivity index (χ4n) is 2.02. The van der Waals surface area contributed by atoms with Gasteiger partial charge in [-0.15, -0.1) is 11.3 Å². The summed E-state index contributed by atoms with van der Waals surface area (Å²) in [4.78, 5) is 3.94. The number of rotatable bonds is 5. The molecule has 2 N–H and O–H groups in total. The quantitative estimate of drug-likeness (QED) is 0.812. The molecule has 5 heteroatoms. The van der Waals surface area contributed by atoms with E-state index in [0.717, 1.165) is 26.2 Å². The minimum absolute atomic E-state index is 0.988. The molecule has 0 saturated carbocycles. The standard InChI is InChI=1S/C12H20BrN3S/c13-12-3-2-11(17-12)10-15-6-9-16-7-1-4-14-5-8-16/h2-3,14-15H,1,4-10H2. The number of halogens is 1. The summed E-state index contributed by atoms with van der Waals surface area (Å²) in [7, 11) is 0. The number of hydrogen-bond acceptors (Lipinski definition) is 4. The SMILES string of the molecule is Brc1ccc(CNCCN2CCCNCC2)s1. The van der Waals surface area contributed by atoms with Crippen molar-refractivity contribution in [3.05, 3.63) is 20.8 Å². The summed E-state index contributed by atoms with van der Waals surface area (Å²) in [6.07, 6.45) is 1.28. The second-order valence-corrected chi connectivity index (χ2v) is 6.88. The van der Waals surface area contributed by atoms with E-state index in [4.69, 9.17) is 0 Å². The first-order chi connectivity index (χ1) is 8.34. The Bertz CT molecular complexity index is 321. The molecule has 96 valence electrons. The van der Waals surface area contributed by atoms with Crippen molar-refractivity contribution in [1.29, 1.82) is 0 Å². The fraction of sp³-hybridized carbons (Fsp3) is 0.667. The molecule has 0 unspecified atom stereocenters. The van der Waals surface area contributed by atoms with E-state index in [1.54, 1.807) is 0 Å². The van der Waals surface area contributed by atoms with Gasteiger partial charge in [-0.2, -0.15) is 0 Å². The molecule has 17 heavy (non-hydrogen) atoms. The largest absolute Gasteiger partial charge is 0.315 e. The first-order valence-corrected chi connectivity index (χ1v) is 7.83. The van der Waals surface area contributed by atoms with Crippen LogP contribution in [-0.2, 0) is 6.54 Å². The van der Waals surface area contributed by atoms with E-state index in [-0.39, 0.29) is 0 Å². The van der Waals surface area contributed by atoms with Crippen LogP contribution in [-0.4, -0.2) is 44.2 Å². The Morgan fingerprint density at radius 1 is 1.35 bits per heavy atom. The lowest BCUT2D eigenvalue weighted by Gasteiger charge is -2.19. The fourth-order valence-corrected chi connectivity index (χ4v) is 3.47.